The summed E-state index contributed by atoms with van der Waals surface area (Å²) in [5.41, 5.74) is -4.68. The second-order valence-electron chi connectivity index (χ2n) is 17.3. The molecule has 18 atom stereocenters. The predicted molar refractivity (Wildman–Crippen MR) is 192 cm³/mol. The Hall–Kier alpha value is -1.01. The van der Waals surface area contributed by atoms with Gasteiger partial charge >= 0.3 is 5.97 Å². The summed E-state index contributed by atoms with van der Waals surface area (Å²) in [5.74, 6) is -2.48. The minimum absolute atomic E-state index is 0.139. The third kappa shape index (κ3) is 8.84. The van der Waals surface area contributed by atoms with Crippen LogP contribution in [0, 0.1) is 17.8 Å². The van der Waals surface area contributed by atoms with Gasteiger partial charge in [-0.3, -0.25) is 4.79 Å². The lowest BCUT2D eigenvalue weighted by atomic mass is 9.77. The summed E-state index contributed by atoms with van der Waals surface area (Å²) in [6.07, 6.45) is -6.51. The van der Waals surface area contributed by atoms with Crippen molar-refractivity contribution in [3.8, 4) is 0 Å². The van der Waals surface area contributed by atoms with E-state index in [0.29, 0.717) is 26.0 Å². The molecule has 0 bridgehead atoms. The zero-order valence-electron chi connectivity index (χ0n) is 33.8. The predicted octanol–water partition coefficient (Wildman–Crippen LogP) is 1.97. The summed E-state index contributed by atoms with van der Waals surface area (Å²) in [6.45, 7) is 18.9. The molecule has 0 aromatic carbocycles. The molecule has 304 valence electrons. The molecule has 4 aliphatic rings. The van der Waals surface area contributed by atoms with Crippen molar-refractivity contribution >= 4 is 5.97 Å². The van der Waals surface area contributed by atoms with E-state index in [1.807, 2.05) is 53.6 Å². The maximum absolute atomic E-state index is 14.2. The van der Waals surface area contributed by atoms with Crippen LogP contribution in [-0.4, -0.2) is 155 Å². The summed E-state index contributed by atoms with van der Waals surface area (Å²) >= 11 is 0. The highest BCUT2D eigenvalue weighted by Crippen LogP contribution is 2.51. The van der Waals surface area contributed by atoms with Crippen LogP contribution in [-0.2, 0) is 38.0 Å². The van der Waals surface area contributed by atoms with E-state index in [9.17, 15) is 25.2 Å². The minimum Gasteiger partial charge on any atom is -0.459 e. The molecule has 0 saturated carbocycles. The van der Waals surface area contributed by atoms with Crippen molar-refractivity contribution in [1.82, 2.24) is 10.2 Å². The van der Waals surface area contributed by atoms with Gasteiger partial charge in [0.15, 0.2) is 12.6 Å². The fourth-order valence-corrected chi connectivity index (χ4v) is 9.03. The normalized spacial score (nSPS) is 51.5. The highest BCUT2D eigenvalue weighted by Gasteiger charge is 2.67. The van der Waals surface area contributed by atoms with Crippen LogP contribution in [0.1, 0.15) is 94.9 Å². The molecule has 0 aliphatic carbocycles. The summed E-state index contributed by atoms with van der Waals surface area (Å²) in [6, 6.07) is -0.831. The van der Waals surface area contributed by atoms with E-state index in [2.05, 4.69) is 5.32 Å². The fourth-order valence-electron chi connectivity index (χ4n) is 9.03. The number of carbonyl (C=O) groups is 1. The lowest BCUT2D eigenvalue weighted by Gasteiger charge is -2.49. The lowest BCUT2D eigenvalue weighted by Crippen LogP contribution is -2.61. The van der Waals surface area contributed by atoms with Crippen LogP contribution in [0.3, 0.4) is 0 Å². The van der Waals surface area contributed by atoms with Gasteiger partial charge in [-0.05, 0) is 94.3 Å². The Morgan fingerprint density at radius 1 is 0.981 bits per heavy atom. The van der Waals surface area contributed by atoms with Gasteiger partial charge in [-0.25, -0.2) is 0 Å². The van der Waals surface area contributed by atoms with Crippen LogP contribution < -0.4 is 5.32 Å². The summed E-state index contributed by atoms with van der Waals surface area (Å²) in [5, 5.41) is 50.2. The number of carbonyl (C=O) groups excluding carboxylic acids is 1. The largest absolute Gasteiger partial charge is 0.459 e. The first-order chi connectivity index (χ1) is 24.0. The number of hydrogen-bond acceptors (Lipinski definition) is 14. The molecule has 4 saturated heterocycles. The maximum atomic E-state index is 14.2. The van der Waals surface area contributed by atoms with Crippen molar-refractivity contribution in [1.29, 1.82) is 0 Å². The molecule has 4 heterocycles. The van der Waals surface area contributed by atoms with Gasteiger partial charge in [0.05, 0.1) is 42.5 Å². The molecule has 14 heteroatoms. The molecule has 0 amide bonds. The molecule has 4 rings (SSSR count). The van der Waals surface area contributed by atoms with Gasteiger partial charge in [0, 0.05) is 31.5 Å². The number of aliphatic hydroxyl groups excluding tert-OH is 2. The zero-order chi connectivity index (χ0) is 39.1. The van der Waals surface area contributed by atoms with Crippen LogP contribution in [0.25, 0.3) is 0 Å². The molecule has 14 nitrogen and oxygen atoms in total. The van der Waals surface area contributed by atoms with Gasteiger partial charge in [0.2, 0.25) is 0 Å². The third-order valence-corrected chi connectivity index (χ3v) is 12.6. The van der Waals surface area contributed by atoms with Gasteiger partial charge < -0.3 is 63.8 Å². The number of epoxide rings is 1. The number of likely N-dealkylation sites (N-methyl/N-ethyl adjacent to an activating group) is 1. The lowest BCUT2D eigenvalue weighted by molar-refractivity contribution is -0.315. The van der Waals surface area contributed by atoms with Crippen molar-refractivity contribution in [2.24, 2.45) is 17.8 Å². The van der Waals surface area contributed by atoms with Crippen LogP contribution >= 0.6 is 0 Å². The van der Waals surface area contributed by atoms with Gasteiger partial charge in [-0.15, -0.1) is 0 Å². The van der Waals surface area contributed by atoms with Crippen LogP contribution in [0.15, 0.2) is 0 Å². The molecule has 0 aromatic rings. The Balaban J connectivity index is 1.79. The van der Waals surface area contributed by atoms with E-state index in [4.69, 9.17) is 33.2 Å². The number of cyclic esters (lactones) is 1. The number of ether oxygens (including phenoxy) is 7. The summed E-state index contributed by atoms with van der Waals surface area (Å²) in [7, 11) is 5.42. The Morgan fingerprint density at radius 3 is 2.17 bits per heavy atom. The van der Waals surface area contributed by atoms with Crippen molar-refractivity contribution in [2.45, 2.75) is 185 Å². The molecule has 1 spiro atoms. The van der Waals surface area contributed by atoms with E-state index in [-0.39, 0.29) is 30.9 Å². The Labute approximate surface area is 311 Å². The number of hydrogen-bond donors (Lipinski definition) is 5. The first kappa shape index (κ1) is 43.7. The second-order valence-corrected chi connectivity index (χ2v) is 17.3. The first-order valence-corrected chi connectivity index (χ1v) is 19.3. The van der Waals surface area contributed by atoms with Gasteiger partial charge in [-0.2, -0.15) is 0 Å². The van der Waals surface area contributed by atoms with E-state index in [0.717, 1.165) is 0 Å². The number of nitrogens with one attached hydrogen (secondary N) is 1. The molecule has 0 aromatic heterocycles. The highest BCUT2D eigenvalue weighted by molar-refractivity contribution is 5.73. The van der Waals surface area contributed by atoms with Gasteiger partial charge in [0.1, 0.15) is 35.1 Å². The first-order valence-electron chi connectivity index (χ1n) is 19.3. The molecular formula is C38H70N2O12. The van der Waals surface area contributed by atoms with Crippen molar-refractivity contribution in [3.63, 3.8) is 0 Å². The van der Waals surface area contributed by atoms with Crippen LogP contribution in [0.5, 0.6) is 0 Å². The van der Waals surface area contributed by atoms with Gasteiger partial charge in [0.25, 0.3) is 0 Å². The van der Waals surface area contributed by atoms with E-state index in [1.54, 1.807) is 34.8 Å². The average molecular weight is 747 g/mol. The van der Waals surface area contributed by atoms with E-state index in [1.165, 1.54) is 6.92 Å². The highest BCUT2D eigenvalue weighted by atomic mass is 16.7. The average Bonchev–Trinajstić information content (AvgIpc) is 3.88. The Bertz CT molecular complexity index is 1180. The van der Waals surface area contributed by atoms with E-state index >= 15 is 0 Å². The fraction of sp³-hybridized carbons (Fsp3) is 0.974. The Kier molecular flexibility index (Phi) is 14.0. The van der Waals surface area contributed by atoms with E-state index < -0.39 is 95.5 Å². The summed E-state index contributed by atoms with van der Waals surface area (Å²) in [4.78, 5) is 16.1. The number of nitrogens with zero attached hydrogens (tertiary/aromatic N) is 1. The number of esters is 1. The van der Waals surface area contributed by atoms with Gasteiger partial charge in [-0.1, -0.05) is 20.8 Å². The second kappa shape index (κ2) is 16.6. The molecular weight excluding hydrogens is 676 g/mol. The topological polar surface area (TPSA) is 181 Å². The molecule has 52 heavy (non-hydrogen) atoms. The van der Waals surface area contributed by atoms with Crippen molar-refractivity contribution in [2.75, 3.05) is 34.4 Å². The van der Waals surface area contributed by atoms with Crippen LogP contribution in [0.2, 0.25) is 0 Å². The summed E-state index contributed by atoms with van der Waals surface area (Å²) < 4.78 is 44.1. The smallest absolute Gasteiger partial charge is 0.311 e. The number of rotatable bonds is 7. The standard InChI is InChI=1S/C38H70N2O12/c1-14-27-37(10,45)31(42)24(6)39-18-20(2)16-35(8,44)32(52-34-29(41)26(40(11)12)15-21(3)48-34)22(4)30(23(5)33(43)50-27)51-28-17-36(9,46-13)38(19-47-38)25(7)49-28/h20-32,34,39,41-42,44-45H,14-19H2,1-13H3/t20-,21-,22+,23-,24-,25+,26+,27-,28+,29-,30+,31-,32-,34+,35-,36?,37-,38+/m1/s1. The number of methoxy groups -OCH3 is 1. The molecule has 4 fully saturated rings. The molecule has 5 N–H and O–H groups in total. The third-order valence-electron chi connectivity index (χ3n) is 12.6. The molecule has 0 radical (unpaired) electrons. The maximum Gasteiger partial charge on any atom is 0.311 e. The molecule has 4 aliphatic heterocycles. The molecule has 1 unspecified atom stereocenters. The van der Waals surface area contributed by atoms with Crippen molar-refractivity contribution < 1.29 is 58.4 Å². The van der Waals surface area contributed by atoms with Crippen LogP contribution in [0.4, 0.5) is 0 Å². The minimum atomic E-state index is -1.78. The SMILES string of the molecule is CC[C@H]1OC(=O)[C@H](C)[C@@H](O[C@H]2CC(C)(OC)[C@]3(CO3)[C@H](C)O2)[C@H](C)[C@@H](O[C@@H]2O[C@H](C)C[C@H](N(C)C)[C@H]2O)[C@](C)(O)C[C@@H](C)CN[C@H](C)[C@@H](O)[C@]1(C)O. The number of aliphatic hydroxyl groups is 4. The monoisotopic (exact) mass is 746 g/mol. The van der Waals surface area contributed by atoms with Crippen molar-refractivity contribution in [3.05, 3.63) is 0 Å². The Morgan fingerprint density at radius 2 is 1.62 bits per heavy atom. The zero-order valence-corrected chi connectivity index (χ0v) is 33.8. The quantitative estimate of drug-likeness (QED) is 0.189.